The fraction of sp³-hybridized carbons (Fsp3) is 0.409. The third-order valence-electron chi connectivity index (χ3n) is 5.97. The first-order valence-electron chi connectivity index (χ1n) is 9.33. The standard InChI is InChI=1S/C22H26N2O2/c1-13-5-7-16(8-6-13)20-17(12-19(25)26)15(3)21-22-18(20)11-14(2)24(22)10-9-23(21)4/h5-8,14H,9-12H2,1-4H3,(H,25,26). The Labute approximate surface area is 155 Å². The van der Waals surface area contributed by atoms with E-state index >= 15 is 0 Å². The van der Waals surface area contributed by atoms with Crippen LogP contribution in [0.5, 0.6) is 0 Å². The third kappa shape index (κ3) is 2.47. The fourth-order valence-electron chi connectivity index (χ4n) is 4.70. The molecule has 1 atom stereocenters. The molecule has 4 nitrogen and oxygen atoms in total. The predicted octanol–water partition coefficient (Wildman–Crippen LogP) is 3.80. The number of hydrogen-bond donors (Lipinski definition) is 1. The molecule has 2 aliphatic rings. The Bertz CT molecular complexity index is 886. The summed E-state index contributed by atoms with van der Waals surface area (Å²) < 4.78 is 0. The number of nitrogens with zero attached hydrogens (tertiary/aromatic N) is 2. The maximum absolute atomic E-state index is 11.7. The molecule has 1 N–H and O–H groups in total. The van der Waals surface area contributed by atoms with Gasteiger partial charge >= 0.3 is 5.97 Å². The Balaban J connectivity index is 2.05. The van der Waals surface area contributed by atoms with Gasteiger partial charge in [0.05, 0.1) is 17.8 Å². The number of benzene rings is 2. The minimum absolute atomic E-state index is 0.0670. The summed E-state index contributed by atoms with van der Waals surface area (Å²) in [4.78, 5) is 16.5. The number of aliphatic carboxylic acids is 1. The largest absolute Gasteiger partial charge is 0.481 e. The Morgan fingerprint density at radius 3 is 2.50 bits per heavy atom. The lowest BCUT2D eigenvalue weighted by molar-refractivity contribution is -0.136. The van der Waals surface area contributed by atoms with Gasteiger partial charge in [-0.15, -0.1) is 0 Å². The molecule has 136 valence electrons. The molecule has 0 spiro atoms. The second kappa shape index (κ2) is 6.04. The molecular formula is C22H26N2O2. The van der Waals surface area contributed by atoms with Gasteiger partial charge in [-0.05, 0) is 55.0 Å². The lowest BCUT2D eigenvalue weighted by atomic mass is 9.86. The van der Waals surface area contributed by atoms with Gasteiger partial charge in [0.2, 0.25) is 0 Å². The number of anilines is 2. The van der Waals surface area contributed by atoms with E-state index < -0.39 is 5.97 Å². The van der Waals surface area contributed by atoms with E-state index in [0.29, 0.717) is 6.04 Å². The zero-order valence-electron chi connectivity index (χ0n) is 16.0. The Morgan fingerprint density at radius 2 is 1.85 bits per heavy atom. The number of carboxylic acids is 1. The summed E-state index contributed by atoms with van der Waals surface area (Å²) >= 11 is 0. The Morgan fingerprint density at radius 1 is 1.15 bits per heavy atom. The van der Waals surface area contributed by atoms with Crippen molar-refractivity contribution in [1.29, 1.82) is 0 Å². The molecule has 0 radical (unpaired) electrons. The van der Waals surface area contributed by atoms with Crippen LogP contribution in [0.3, 0.4) is 0 Å². The molecule has 0 saturated carbocycles. The van der Waals surface area contributed by atoms with Crippen molar-refractivity contribution in [3.63, 3.8) is 0 Å². The predicted molar refractivity (Wildman–Crippen MR) is 106 cm³/mol. The molecule has 0 fully saturated rings. The van der Waals surface area contributed by atoms with Crippen LogP contribution in [0.15, 0.2) is 24.3 Å². The average molecular weight is 350 g/mol. The van der Waals surface area contributed by atoms with E-state index in [1.165, 1.54) is 22.5 Å². The van der Waals surface area contributed by atoms with E-state index in [4.69, 9.17) is 0 Å². The molecule has 0 aromatic heterocycles. The SMILES string of the molecule is Cc1ccc(-c2c(CC(=O)O)c(C)c3c4c2CC(C)N4CCN3C)cc1. The number of carbonyl (C=O) groups is 1. The summed E-state index contributed by atoms with van der Waals surface area (Å²) in [5.41, 5.74) is 9.46. The number of hydrogen-bond acceptors (Lipinski definition) is 3. The van der Waals surface area contributed by atoms with Gasteiger partial charge in [0.25, 0.3) is 0 Å². The van der Waals surface area contributed by atoms with Crippen LogP contribution < -0.4 is 9.80 Å². The van der Waals surface area contributed by atoms with E-state index in [2.05, 4.69) is 61.9 Å². The van der Waals surface area contributed by atoms with Crippen LogP contribution in [0.4, 0.5) is 11.4 Å². The van der Waals surface area contributed by atoms with E-state index in [9.17, 15) is 9.90 Å². The van der Waals surface area contributed by atoms with Crippen molar-refractivity contribution >= 4 is 17.3 Å². The van der Waals surface area contributed by atoms with Crippen molar-refractivity contribution < 1.29 is 9.90 Å². The number of aryl methyl sites for hydroxylation is 1. The first-order valence-corrected chi connectivity index (χ1v) is 9.33. The minimum atomic E-state index is -0.769. The highest BCUT2D eigenvalue weighted by atomic mass is 16.4. The summed E-state index contributed by atoms with van der Waals surface area (Å²) in [6, 6.07) is 8.96. The van der Waals surface area contributed by atoms with E-state index in [1.54, 1.807) is 0 Å². The molecule has 26 heavy (non-hydrogen) atoms. The molecule has 0 bridgehead atoms. The quantitative estimate of drug-likeness (QED) is 0.914. The normalized spacial score (nSPS) is 18.2. The highest BCUT2D eigenvalue weighted by molar-refractivity contribution is 5.93. The van der Waals surface area contributed by atoms with Crippen LogP contribution in [0.25, 0.3) is 11.1 Å². The van der Waals surface area contributed by atoms with Crippen molar-refractivity contribution in [2.75, 3.05) is 29.9 Å². The minimum Gasteiger partial charge on any atom is -0.481 e. The van der Waals surface area contributed by atoms with E-state index in [0.717, 1.165) is 41.8 Å². The van der Waals surface area contributed by atoms with Gasteiger partial charge in [0.1, 0.15) is 0 Å². The van der Waals surface area contributed by atoms with Gasteiger partial charge < -0.3 is 14.9 Å². The third-order valence-corrected chi connectivity index (χ3v) is 5.97. The van der Waals surface area contributed by atoms with Crippen LogP contribution in [0.1, 0.15) is 29.2 Å². The second-order valence-electron chi connectivity index (χ2n) is 7.76. The summed E-state index contributed by atoms with van der Waals surface area (Å²) in [6.45, 7) is 8.46. The molecule has 0 saturated heterocycles. The van der Waals surface area contributed by atoms with Gasteiger partial charge in [0, 0.05) is 26.2 Å². The lowest BCUT2D eigenvalue weighted by Crippen LogP contribution is -2.41. The number of rotatable bonds is 3. The van der Waals surface area contributed by atoms with Gasteiger partial charge in [-0.25, -0.2) is 0 Å². The van der Waals surface area contributed by atoms with Crippen LogP contribution in [0.2, 0.25) is 0 Å². The van der Waals surface area contributed by atoms with Gasteiger partial charge in [0.15, 0.2) is 0 Å². The lowest BCUT2D eigenvalue weighted by Gasteiger charge is -2.38. The van der Waals surface area contributed by atoms with Gasteiger partial charge in [-0.1, -0.05) is 29.8 Å². The van der Waals surface area contributed by atoms with Crippen molar-refractivity contribution in [2.24, 2.45) is 0 Å². The monoisotopic (exact) mass is 350 g/mol. The molecular weight excluding hydrogens is 324 g/mol. The zero-order chi connectivity index (χ0) is 18.6. The highest BCUT2D eigenvalue weighted by Gasteiger charge is 2.37. The topological polar surface area (TPSA) is 43.8 Å². The first kappa shape index (κ1) is 17.0. The van der Waals surface area contributed by atoms with Crippen molar-refractivity contribution in [3.05, 3.63) is 46.5 Å². The highest BCUT2D eigenvalue weighted by Crippen LogP contribution is 2.50. The summed E-state index contributed by atoms with van der Waals surface area (Å²) in [5.74, 6) is -0.769. The molecule has 2 aliphatic heterocycles. The van der Waals surface area contributed by atoms with E-state index in [1.807, 2.05) is 0 Å². The molecule has 0 aliphatic carbocycles. The zero-order valence-corrected chi connectivity index (χ0v) is 16.0. The van der Waals surface area contributed by atoms with Crippen molar-refractivity contribution in [2.45, 2.75) is 39.7 Å². The molecule has 2 aromatic rings. The van der Waals surface area contributed by atoms with E-state index in [-0.39, 0.29) is 6.42 Å². The average Bonchev–Trinajstić information content (AvgIpc) is 2.91. The molecule has 4 heteroatoms. The van der Waals surface area contributed by atoms with Crippen molar-refractivity contribution in [1.82, 2.24) is 0 Å². The molecule has 1 unspecified atom stereocenters. The van der Waals surface area contributed by atoms with Crippen molar-refractivity contribution in [3.8, 4) is 11.1 Å². The molecule has 0 amide bonds. The van der Waals surface area contributed by atoms with Crippen LogP contribution >= 0.6 is 0 Å². The Kier molecular flexibility index (Phi) is 3.94. The molecule has 2 aromatic carbocycles. The summed E-state index contributed by atoms with van der Waals surface area (Å²) in [7, 11) is 2.12. The van der Waals surface area contributed by atoms with Crippen LogP contribution in [0, 0.1) is 13.8 Å². The second-order valence-corrected chi connectivity index (χ2v) is 7.76. The maximum atomic E-state index is 11.7. The fourth-order valence-corrected chi connectivity index (χ4v) is 4.70. The smallest absolute Gasteiger partial charge is 0.307 e. The first-order chi connectivity index (χ1) is 12.4. The molecule has 2 heterocycles. The molecule has 4 rings (SSSR count). The summed E-state index contributed by atoms with van der Waals surface area (Å²) in [5, 5.41) is 9.58. The number of carboxylic acid groups (broad SMARTS) is 1. The Hall–Kier alpha value is -2.49. The number of likely N-dealkylation sites (N-methyl/N-ethyl adjacent to an activating group) is 1. The maximum Gasteiger partial charge on any atom is 0.307 e. The summed E-state index contributed by atoms with van der Waals surface area (Å²) in [6.07, 6.45) is 1.05. The van der Waals surface area contributed by atoms with Crippen LogP contribution in [-0.2, 0) is 17.6 Å². The van der Waals surface area contributed by atoms with Gasteiger partial charge in [-0.3, -0.25) is 4.79 Å². The van der Waals surface area contributed by atoms with Gasteiger partial charge in [-0.2, -0.15) is 0 Å². The van der Waals surface area contributed by atoms with Crippen LogP contribution in [-0.4, -0.2) is 37.3 Å².